The number of carbonyl (C=O) groups is 1. The number of nitrogens with one attached hydrogen (secondary N) is 1. The lowest BCUT2D eigenvalue weighted by Crippen LogP contribution is -2.12. The normalized spacial score (nSPS) is 9.81. The summed E-state index contributed by atoms with van der Waals surface area (Å²) >= 11 is 0. The van der Waals surface area contributed by atoms with Crippen LogP contribution in [0.15, 0.2) is 41.0 Å². The standard InChI is InChI=1S/C17H17NO3/c1-13-12-15(7-6-14(13)4-2-10-19)18-17(20)9-8-16-5-3-11-21-16/h3,5-7,11-12,19H,8-10H2,1H3,(H,18,20). The molecule has 1 aromatic carbocycles. The Morgan fingerprint density at radius 2 is 2.24 bits per heavy atom. The second-order valence-electron chi connectivity index (χ2n) is 4.62. The summed E-state index contributed by atoms with van der Waals surface area (Å²) in [6.45, 7) is 1.75. The van der Waals surface area contributed by atoms with E-state index < -0.39 is 0 Å². The highest BCUT2D eigenvalue weighted by Crippen LogP contribution is 2.15. The summed E-state index contributed by atoms with van der Waals surface area (Å²) < 4.78 is 5.19. The molecule has 1 heterocycles. The van der Waals surface area contributed by atoms with Gasteiger partial charge in [-0.05, 0) is 42.8 Å². The first-order valence-corrected chi connectivity index (χ1v) is 6.71. The maximum Gasteiger partial charge on any atom is 0.224 e. The van der Waals surface area contributed by atoms with Crippen molar-refractivity contribution >= 4 is 11.6 Å². The molecule has 21 heavy (non-hydrogen) atoms. The molecule has 0 spiro atoms. The molecule has 0 saturated heterocycles. The van der Waals surface area contributed by atoms with Gasteiger partial charge in [0.15, 0.2) is 0 Å². The van der Waals surface area contributed by atoms with Gasteiger partial charge in [-0.15, -0.1) is 0 Å². The number of amides is 1. The van der Waals surface area contributed by atoms with Crippen LogP contribution in [0, 0.1) is 18.8 Å². The van der Waals surface area contributed by atoms with Gasteiger partial charge in [0, 0.05) is 24.1 Å². The minimum atomic E-state index is -0.162. The molecule has 0 aliphatic carbocycles. The van der Waals surface area contributed by atoms with Crippen LogP contribution < -0.4 is 5.32 Å². The SMILES string of the molecule is Cc1cc(NC(=O)CCc2ccco2)ccc1C#CCO. The average molecular weight is 283 g/mol. The first kappa shape index (κ1) is 14.9. The predicted octanol–water partition coefficient (Wildman–Crippen LogP) is 2.50. The van der Waals surface area contributed by atoms with Crippen LogP contribution in [0.1, 0.15) is 23.3 Å². The molecule has 0 unspecified atom stereocenters. The minimum absolute atomic E-state index is 0.0556. The topological polar surface area (TPSA) is 62.5 Å². The van der Waals surface area contributed by atoms with Gasteiger partial charge in [-0.3, -0.25) is 4.79 Å². The molecule has 2 rings (SSSR count). The van der Waals surface area contributed by atoms with Gasteiger partial charge in [0.1, 0.15) is 12.4 Å². The summed E-state index contributed by atoms with van der Waals surface area (Å²) in [5.41, 5.74) is 2.55. The summed E-state index contributed by atoms with van der Waals surface area (Å²) in [6, 6.07) is 9.17. The van der Waals surface area contributed by atoms with Crippen molar-refractivity contribution < 1.29 is 14.3 Å². The van der Waals surface area contributed by atoms with Crippen molar-refractivity contribution in [3.8, 4) is 11.8 Å². The van der Waals surface area contributed by atoms with Gasteiger partial charge in [0.25, 0.3) is 0 Å². The van der Waals surface area contributed by atoms with Crippen LogP contribution in [-0.2, 0) is 11.2 Å². The molecule has 2 N–H and O–H groups in total. The Hall–Kier alpha value is -2.51. The predicted molar refractivity (Wildman–Crippen MR) is 80.8 cm³/mol. The molecule has 4 nitrogen and oxygen atoms in total. The molecular weight excluding hydrogens is 266 g/mol. The van der Waals surface area contributed by atoms with Crippen LogP contribution in [0.5, 0.6) is 0 Å². The van der Waals surface area contributed by atoms with E-state index in [1.165, 1.54) is 0 Å². The number of furan rings is 1. The van der Waals surface area contributed by atoms with Crippen molar-refractivity contribution in [2.75, 3.05) is 11.9 Å². The number of benzene rings is 1. The quantitative estimate of drug-likeness (QED) is 0.847. The van der Waals surface area contributed by atoms with Gasteiger partial charge in [-0.1, -0.05) is 11.8 Å². The van der Waals surface area contributed by atoms with Gasteiger partial charge >= 0.3 is 0 Å². The van der Waals surface area contributed by atoms with E-state index in [2.05, 4.69) is 17.2 Å². The Kier molecular flexibility index (Phi) is 5.19. The van der Waals surface area contributed by atoms with E-state index in [9.17, 15) is 4.79 Å². The molecule has 0 fully saturated rings. The van der Waals surface area contributed by atoms with E-state index in [1.54, 1.807) is 12.3 Å². The number of aliphatic hydroxyl groups excluding tert-OH is 1. The van der Waals surface area contributed by atoms with Crippen LogP contribution in [0.2, 0.25) is 0 Å². The summed E-state index contributed by atoms with van der Waals surface area (Å²) in [5.74, 6) is 6.22. The zero-order valence-corrected chi connectivity index (χ0v) is 11.8. The number of hydrogen-bond acceptors (Lipinski definition) is 3. The number of anilines is 1. The molecule has 108 valence electrons. The first-order chi connectivity index (χ1) is 10.2. The number of aryl methyl sites for hydroxylation is 2. The highest BCUT2D eigenvalue weighted by molar-refractivity contribution is 5.91. The second kappa shape index (κ2) is 7.32. The lowest BCUT2D eigenvalue weighted by molar-refractivity contribution is -0.116. The second-order valence-corrected chi connectivity index (χ2v) is 4.62. The summed E-state index contributed by atoms with van der Waals surface area (Å²) in [5, 5.41) is 11.5. The van der Waals surface area contributed by atoms with Crippen LogP contribution in [0.4, 0.5) is 5.69 Å². The van der Waals surface area contributed by atoms with E-state index >= 15 is 0 Å². The number of aliphatic hydroxyl groups is 1. The molecule has 1 aromatic heterocycles. The molecular formula is C17H17NO3. The Balaban J connectivity index is 1.93. The Bertz CT molecular complexity index is 663. The van der Waals surface area contributed by atoms with E-state index in [0.717, 1.165) is 22.6 Å². The summed E-state index contributed by atoms with van der Waals surface area (Å²) in [4.78, 5) is 11.9. The molecule has 0 saturated carbocycles. The van der Waals surface area contributed by atoms with E-state index in [1.807, 2.05) is 31.2 Å². The highest BCUT2D eigenvalue weighted by Gasteiger charge is 2.05. The minimum Gasteiger partial charge on any atom is -0.469 e. The van der Waals surface area contributed by atoms with E-state index in [0.29, 0.717) is 12.8 Å². The summed E-state index contributed by atoms with van der Waals surface area (Å²) in [6.07, 6.45) is 2.55. The van der Waals surface area contributed by atoms with Gasteiger partial charge in [0.05, 0.1) is 6.26 Å². The smallest absolute Gasteiger partial charge is 0.224 e. The molecule has 0 atom stereocenters. The fourth-order valence-corrected chi connectivity index (χ4v) is 1.93. The van der Waals surface area contributed by atoms with Crippen LogP contribution in [-0.4, -0.2) is 17.6 Å². The molecule has 0 aliphatic heterocycles. The lowest BCUT2D eigenvalue weighted by atomic mass is 10.1. The molecule has 0 aliphatic rings. The van der Waals surface area contributed by atoms with Crippen LogP contribution >= 0.6 is 0 Å². The molecule has 0 radical (unpaired) electrons. The average Bonchev–Trinajstić information content (AvgIpc) is 2.98. The third-order valence-corrected chi connectivity index (χ3v) is 2.99. The first-order valence-electron chi connectivity index (χ1n) is 6.71. The molecule has 2 aromatic rings. The molecule has 0 bridgehead atoms. The Morgan fingerprint density at radius 3 is 2.90 bits per heavy atom. The van der Waals surface area contributed by atoms with Gasteiger partial charge in [-0.2, -0.15) is 0 Å². The fourth-order valence-electron chi connectivity index (χ4n) is 1.93. The Labute approximate surface area is 123 Å². The van der Waals surface area contributed by atoms with E-state index in [-0.39, 0.29) is 12.5 Å². The monoisotopic (exact) mass is 283 g/mol. The van der Waals surface area contributed by atoms with Gasteiger partial charge in [0.2, 0.25) is 5.91 Å². The third-order valence-electron chi connectivity index (χ3n) is 2.99. The van der Waals surface area contributed by atoms with Crippen LogP contribution in [0.25, 0.3) is 0 Å². The van der Waals surface area contributed by atoms with Crippen molar-refractivity contribution in [2.45, 2.75) is 19.8 Å². The van der Waals surface area contributed by atoms with Crippen molar-refractivity contribution in [3.63, 3.8) is 0 Å². The number of carbonyl (C=O) groups excluding carboxylic acids is 1. The fraction of sp³-hybridized carbons (Fsp3) is 0.235. The third kappa shape index (κ3) is 4.51. The molecule has 1 amide bonds. The van der Waals surface area contributed by atoms with Gasteiger partial charge in [-0.25, -0.2) is 0 Å². The maximum atomic E-state index is 11.9. The zero-order chi connectivity index (χ0) is 15.1. The maximum absolute atomic E-state index is 11.9. The Morgan fingerprint density at radius 1 is 1.38 bits per heavy atom. The van der Waals surface area contributed by atoms with Gasteiger partial charge < -0.3 is 14.8 Å². The number of rotatable bonds is 4. The van der Waals surface area contributed by atoms with Crippen molar-refractivity contribution in [2.24, 2.45) is 0 Å². The number of hydrogen-bond donors (Lipinski definition) is 2. The highest BCUT2D eigenvalue weighted by atomic mass is 16.3. The molecule has 4 heteroatoms. The van der Waals surface area contributed by atoms with Crippen molar-refractivity contribution in [3.05, 3.63) is 53.5 Å². The van der Waals surface area contributed by atoms with Crippen LogP contribution in [0.3, 0.4) is 0 Å². The van der Waals surface area contributed by atoms with E-state index in [4.69, 9.17) is 9.52 Å². The zero-order valence-electron chi connectivity index (χ0n) is 11.8. The lowest BCUT2D eigenvalue weighted by Gasteiger charge is -2.07. The van der Waals surface area contributed by atoms with Crippen molar-refractivity contribution in [1.82, 2.24) is 0 Å². The largest absolute Gasteiger partial charge is 0.469 e. The van der Waals surface area contributed by atoms with Crippen molar-refractivity contribution in [1.29, 1.82) is 0 Å². The summed E-state index contributed by atoms with van der Waals surface area (Å²) in [7, 11) is 0.